The first-order chi connectivity index (χ1) is 9.65. The van der Waals surface area contributed by atoms with E-state index < -0.39 is 0 Å². The van der Waals surface area contributed by atoms with Crippen molar-refractivity contribution < 1.29 is 10.2 Å². The van der Waals surface area contributed by atoms with Gasteiger partial charge >= 0.3 is 0 Å². The molecule has 0 bridgehead atoms. The fourth-order valence-electron chi connectivity index (χ4n) is 2.85. The highest BCUT2D eigenvalue weighted by molar-refractivity contribution is 5.51. The van der Waals surface area contributed by atoms with Crippen LogP contribution >= 0.6 is 0 Å². The molecule has 1 fully saturated rings. The van der Waals surface area contributed by atoms with E-state index in [1.54, 1.807) is 0 Å². The summed E-state index contributed by atoms with van der Waals surface area (Å²) in [5.41, 5.74) is 3.03. The number of aliphatic hydroxyl groups excluding tert-OH is 2. The van der Waals surface area contributed by atoms with E-state index >= 15 is 0 Å². The van der Waals surface area contributed by atoms with Gasteiger partial charge in [-0.15, -0.1) is 0 Å². The molecule has 0 aliphatic carbocycles. The molecule has 2 rings (SSSR count). The van der Waals surface area contributed by atoms with Crippen molar-refractivity contribution in [3.8, 4) is 0 Å². The fraction of sp³-hybridized carbons (Fsp3) is 0.667. The number of hydrogen-bond donors (Lipinski definition) is 2. The molecule has 2 heterocycles. The molecule has 5 nitrogen and oxygen atoms in total. The fourth-order valence-corrected chi connectivity index (χ4v) is 2.85. The Morgan fingerprint density at radius 3 is 2.65 bits per heavy atom. The van der Waals surface area contributed by atoms with Gasteiger partial charge in [0, 0.05) is 37.4 Å². The average molecular weight is 279 g/mol. The molecule has 0 saturated carbocycles. The van der Waals surface area contributed by atoms with Crippen LogP contribution in [0.4, 0.5) is 5.82 Å². The third kappa shape index (κ3) is 3.48. The van der Waals surface area contributed by atoms with E-state index in [2.05, 4.69) is 14.8 Å². The van der Waals surface area contributed by atoms with Crippen molar-refractivity contribution in [1.29, 1.82) is 0 Å². The molecule has 1 saturated heterocycles. The van der Waals surface area contributed by atoms with E-state index in [-0.39, 0.29) is 13.2 Å². The molecule has 0 unspecified atom stereocenters. The Morgan fingerprint density at radius 1 is 1.15 bits per heavy atom. The highest BCUT2D eigenvalue weighted by Crippen LogP contribution is 2.23. The first kappa shape index (κ1) is 15.2. The van der Waals surface area contributed by atoms with Gasteiger partial charge < -0.3 is 15.1 Å². The lowest BCUT2D eigenvalue weighted by Gasteiger charge is -2.25. The van der Waals surface area contributed by atoms with E-state index in [1.807, 2.05) is 19.9 Å². The van der Waals surface area contributed by atoms with E-state index in [0.29, 0.717) is 0 Å². The summed E-state index contributed by atoms with van der Waals surface area (Å²) in [4.78, 5) is 9.19. The molecule has 0 spiro atoms. The molecule has 1 aromatic rings. The first-order valence-corrected chi connectivity index (χ1v) is 7.32. The zero-order chi connectivity index (χ0) is 14.5. The van der Waals surface area contributed by atoms with Crippen molar-refractivity contribution in [2.45, 2.75) is 26.9 Å². The Labute approximate surface area is 120 Å². The monoisotopic (exact) mass is 279 g/mol. The molecule has 2 N–H and O–H groups in total. The zero-order valence-corrected chi connectivity index (χ0v) is 12.5. The Morgan fingerprint density at radius 2 is 1.95 bits per heavy atom. The van der Waals surface area contributed by atoms with Crippen LogP contribution in [0.15, 0.2) is 6.07 Å². The molecule has 112 valence electrons. The van der Waals surface area contributed by atoms with Crippen LogP contribution in [0.1, 0.15) is 23.2 Å². The van der Waals surface area contributed by atoms with Gasteiger partial charge in [0.2, 0.25) is 0 Å². The first-order valence-electron chi connectivity index (χ1n) is 7.32. The predicted molar refractivity (Wildman–Crippen MR) is 80.0 cm³/mol. The lowest BCUT2D eigenvalue weighted by atomic mass is 10.1. The van der Waals surface area contributed by atoms with E-state index in [1.165, 1.54) is 0 Å². The Balaban J connectivity index is 2.19. The standard InChI is InChI=1S/C15H25N3O2/c1-12-10-13(2)16-15(14(12)11-20)18-5-3-4-17(6-7-18)8-9-19/h10,19-20H,3-9,11H2,1-2H3. The molecule has 1 aliphatic heterocycles. The number of β-amino-alcohol motifs (C(OH)–C–C–N with tert-alkyl or cyclic N) is 1. The lowest BCUT2D eigenvalue weighted by Crippen LogP contribution is -2.33. The van der Waals surface area contributed by atoms with Crippen molar-refractivity contribution in [2.24, 2.45) is 0 Å². The summed E-state index contributed by atoms with van der Waals surface area (Å²) in [6.07, 6.45) is 1.06. The molecule has 0 radical (unpaired) electrons. The molecule has 0 atom stereocenters. The van der Waals surface area contributed by atoms with Gasteiger partial charge in [-0.05, 0) is 38.4 Å². The maximum absolute atomic E-state index is 9.62. The number of rotatable bonds is 4. The number of aliphatic hydroxyl groups is 2. The number of aromatic nitrogens is 1. The molecule has 1 aliphatic rings. The van der Waals surface area contributed by atoms with Crippen LogP contribution in [-0.2, 0) is 6.61 Å². The summed E-state index contributed by atoms with van der Waals surface area (Å²) in [6.45, 7) is 8.78. The van der Waals surface area contributed by atoms with Crippen LogP contribution in [0, 0.1) is 13.8 Å². The molecular formula is C15H25N3O2. The maximum Gasteiger partial charge on any atom is 0.134 e. The summed E-state index contributed by atoms with van der Waals surface area (Å²) in [6, 6.07) is 2.02. The number of pyridine rings is 1. The third-order valence-corrected chi connectivity index (χ3v) is 3.92. The van der Waals surface area contributed by atoms with Gasteiger partial charge in [0.1, 0.15) is 5.82 Å². The quantitative estimate of drug-likeness (QED) is 0.849. The number of hydrogen-bond acceptors (Lipinski definition) is 5. The Hall–Kier alpha value is -1.17. The van der Waals surface area contributed by atoms with Crippen molar-refractivity contribution in [2.75, 3.05) is 44.2 Å². The molecular weight excluding hydrogens is 254 g/mol. The molecule has 1 aromatic heterocycles. The van der Waals surface area contributed by atoms with Crippen LogP contribution in [-0.4, -0.2) is 59.4 Å². The van der Waals surface area contributed by atoms with Crippen LogP contribution < -0.4 is 4.90 Å². The van der Waals surface area contributed by atoms with Gasteiger partial charge in [-0.25, -0.2) is 4.98 Å². The third-order valence-electron chi connectivity index (χ3n) is 3.92. The summed E-state index contributed by atoms with van der Waals surface area (Å²) in [5.74, 6) is 0.927. The number of aryl methyl sites for hydroxylation is 2. The van der Waals surface area contributed by atoms with Crippen LogP contribution in [0.25, 0.3) is 0 Å². The van der Waals surface area contributed by atoms with Gasteiger partial charge in [-0.3, -0.25) is 4.90 Å². The second-order valence-electron chi connectivity index (χ2n) is 5.45. The van der Waals surface area contributed by atoms with Gasteiger partial charge in [0.05, 0.1) is 13.2 Å². The summed E-state index contributed by atoms with van der Waals surface area (Å²) < 4.78 is 0. The number of nitrogens with zero attached hydrogens (tertiary/aromatic N) is 3. The highest BCUT2D eigenvalue weighted by atomic mass is 16.3. The highest BCUT2D eigenvalue weighted by Gasteiger charge is 2.19. The summed E-state index contributed by atoms with van der Waals surface area (Å²) >= 11 is 0. The van der Waals surface area contributed by atoms with Crippen LogP contribution in [0.2, 0.25) is 0 Å². The van der Waals surface area contributed by atoms with Crippen LogP contribution in [0.3, 0.4) is 0 Å². The van der Waals surface area contributed by atoms with Gasteiger partial charge in [-0.2, -0.15) is 0 Å². The van der Waals surface area contributed by atoms with Crippen molar-refractivity contribution in [3.63, 3.8) is 0 Å². The summed E-state index contributed by atoms with van der Waals surface area (Å²) in [5, 5.41) is 18.7. The normalized spacial score (nSPS) is 17.3. The van der Waals surface area contributed by atoms with E-state index in [4.69, 9.17) is 5.11 Å². The smallest absolute Gasteiger partial charge is 0.134 e. The minimum Gasteiger partial charge on any atom is -0.395 e. The minimum atomic E-state index is 0.0330. The van der Waals surface area contributed by atoms with E-state index in [9.17, 15) is 5.11 Å². The van der Waals surface area contributed by atoms with Crippen molar-refractivity contribution in [3.05, 3.63) is 22.9 Å². The van der Waals surface area contributed by atoms with Crippen molar-refractivity contribution in [1.82, 2.24) is 9.88 Å². The van der Waals surface area contributed by atoms with Crippen LogP contribution in [0.5, 0.6) is 0 Å². The minimum absolute atomic E-state index is 0.0330. The SMILES string of the molecule is Cc1cc(C)c(CO)c(N2CCCN(CCO)CC2)n1. The second-order valence-corrected chi connectivity index (χ2v) is 5.45. The Bertz CT molecular complexity index is 451. The largest absolute Gasteiger partial charge is 0.395 e. The maximum atomic E-state index is 9.62. The second kappa shape index (κ2) is 7.02. The molecule has 20 heavy (non-hydrogen) atoms. The average Bonchev–Trinajstić information content (AvgIpc) is 2.64. The number of anilines is 1. The lowest BCUT2D eigenvalue weighted by molar-refractivity contribution is 0.204. The zero-order valence-electron chi connectivity index (χ0n) is 12.5. The van der Waals surface area contributed by atoms with Gasteiger partial charge in [0.15, 0.2) is 0 Å². The molecule has 0 aromatic carbocycles. The Kier molecular flexibility index (Phi) is 5.34. The van der Waals surface area contributed by atoms with Gasteiger partial charge in [0.25, 0.3) is 0 Å². The van der Waals surface area contributed by atoms with Gasteiger partial charge in [-0.1, -0.05) is 0 Å². The predicted octanol–water partition coefficient (Wildman–Crippen LogP) is 0.695. The van der Waals surface area contributed by atoms with Crippen molar-refractivity contribution >= 4 is 5.82 Å². The molecule has 5 heteroatoms. The van der Waals surface area contributed by atoms with E-state index in [0.717, 1.165) is 61.8 Å². The topological polar surface area (TPSA) is 59.8 Å². The summed E-state index contributed by atoms with van der Waals surface area (Å²) in [7, 11) is 0. The molecule has 0 amide bonds.